The Labute approximate surface area is 168 Å². The lowest BCUT2D eigenvalue weighted by atomic mass is 10.1. The fraction of sp³-hybridized carbons (Fsp3) is 0.143. The van der Waals surface area contributed by atoms with Crippen LogP contribution in [0.25, 0.3) is 0 Å². The molecule has 0 aliphatic carbocycles. The van der Waals surface area contributed by atoms with Crippen LogP contribution in [-0.2, 0) is 6.42 Å². The third kappa shape index (κ3) is 5.37. The van der Waals surface area contributed by atoms with E-state index in [0.717, 1.165) is 12.0 Å². The Kier molecular flexibility index (Phi) is 6.34. The zero-order valence-electron chi connectivity index (χ0n) is 15.3. The highest BCUT2D eigenvalue weighted by molar-refractivity contribution is 6.30. The summed E-state index contributed by atoms with van der Waals surface area (Å²) in [6.45, 7) is 2.15. The van der Waals surface area contributed by atoms with Gasteiger partial charge in [-0.1, -0.05) is 23.7 Å². The SMILES string of the molecule is CC(=O)c1ccc(NC(=O)c2cc(NCCc3ccc(Cl)cc3)ncn2)cc1. The van der Waals surface area contributed by atoms with Crippen molar-refractivity contribution < 1.29 is 9.59 Å². The molecule has 142 valence electrons. The molecule has 0 aliphatic heterocycles. The number of nitrogens with one attached hydrogen (secondary N) is 2. The number of benzene rings is 2. The Morgan fingerprint density at radius 2 is 1.71 bits per heavy atom. The van der Waals surface area contributed by atoms with Crippen molar-refractivity contribution in [3.8, 4) is 0 Å². The smallest absolute Gasteiger partial charge is 0.274 e. The summed E-state index contributed by atoms with van der Waals surface area (Å²) in [6, 6.07) is 16.0. The first-order valence-electron chi connectivity index (χ1n) is 8.74. The van der Waals surface area contributed by atoms with Gasteiger partial charge in [0.25, 0.3) is 5.91 Å². The van der Waals surface area contributed by atoms with Crippen LogP contribution < -0.4 is 10.6 Å². The van der Waals surface area contributed by atoms with E-state index in [1.54, 1.807) is 30.3 Å². The van der Waals surface area contributed by atoms with Crippen LogP contribution in [0.3, 0.4) is 0 Å². The summed E-state index contributed by atoms with van der Waals surface area (Å²) >= 11 is 5.88. The fourth-order valence-corrected chi connectivity index (χ4v) is 2.67. The number of Topliss-reactive ketones (excluding diaryl/α,β-unsaturated/α-hetero) is 1. The van der Waals surface area contributed by atoms with E-state index in [0.29, 0.717) is 28.6 Å². The van der Waals surface area contributed by atoms with Crippen molar-refractivity contribution in [2.75, 3.05) is 17.2 Å². The van der Waals surface area contributed by atoms with Gasteiger partial charge in [-0.25, -0.2) is 9.97 Å². The highest BCUT2D eigenvalue weighted by atomic mass is 35.5. The standard InChI is InChI=1S/C21H19ClN4O2/c1-14(27)16-4-8-18(9-5-16)26-21(28)19-12-20(25-13-24-19)23-11-10-15-2-6-17(22)7-3-15/h2-9,12-13H,10-11H2,1H3,(H,26,28)(H,23,24,25). The number of amides is 1. The molecular weight excluding hydrogens is 376 g/mol. The molecule has 6 nitrogen and oxygen atoms in total. The van der Waals surface area contributed by atoms with Gasteiger partial charge in [-0.2, -0.15) is 0 Å². The first-order chi connectivity index (χ1) is 13.5. The molecule has 0 saturated carbocycles. The third-order valence-electron chi connectivity index (χ3n) is 4.08. The summed E-state index contributed by atoms with van der Waals surface area (Å²) in [5.74, 6) is 0.197. The molecule has 3 aromatic rings. The predicted octanol–water partition coefficient (Wildman–Crippen LogP) is 4.24. The Balaban J connectivity index is 1.57. The number of hydrogen-bond donors (Lipinski definition) is 2. The number of carbonyl (C=O) groups excluding carboxylic acids is 2. The lowest BCUT2D eigenvalue weighted by molar-refractivity contribution is 0.101. The van der Waals surface area contributed by atoms with E-state index in [4.69, 9.17) is 11.6 Å². The third-order valence-corrected chi connectivity index (χ3v) is 4.33. The van der Waals surface area contributed by atoms with Crippen molar-refractivity contribution in [3.63, 3.8) is 0 Å². The monoisotopic (exact) mass is 394 g/mol. The van der Waals surface area contributed by atoms with Crippen molar-refractivity contribution in [1.82, 2.24) is 9.97 Å². The summed E-state index contributed by atoms with van der Waals surface area (Å²) in [4.78, 5) is 31.9. The van der Waals surface area contributed by atoms with Crippen LogP contribution in [0.15, 0.2) is 60.9 Å². The van der Waals surface area contributed by atoms with Gasteiger partial charge in [0, 0.05) is 28.9 Å². The van der Waals surface area contributed by atoms with E-state index < -0.39 is 0 Å². The van der Waals surface area contributed by atoms with Gasteiger partial charge in [-0.15, -0.1) is 0 Å². The van der Waals surface area contributed by atoms with Crippen molar-refractivity contribution in [2.45, 2.75) is 13.3 Å². The molecule has 0 saturated heterocycles. The van der Waals surface area contributed by atoms with Gasteiger partial charge in [0.2, 0.25) is 0 Å². The second kappa shape index (κ2) is 9.10. The van der Waals surface area contributed by atoms with Crippen LogP contribution in [0.2, 0.25) is 5.02 Å². The normalized spacial score (nSPS) is 10.4. The average molecular weight is 395 g/mol. The number of ketones is 1. The lowest BCUT2D eigenvalue weighted by Gasteiger charge is -2.08. The molecule has 0 aliphatic rings. The second-order valence-corrected chi connectivity index (χ2v) is 6.62. The number of hydrogen-bond acceptors (Lipinski definition) is 5. The Bertz CT molecular complexity index is 972. The molecule has 2 aromatic carbocycles. The molecule has 0 bridgehead atoms. The van der Waals surface area contributed by atoms with Crippen LogP contribution in [0.4, 0.5) is 11.5 Å². The summed E-state index contributed by atoms with van der Waals surface area (Å²) in [6.07, 6.45) is 2.14. The van der Waals surface area contributed by atoms with Crippen molar-refractivity contribution in [1.29, 1.82) is 0 Å². The topological polar surface area (TPSA) is 84.0 Å². The van der Waals surface area contributed by atoms with E-state index >= 15 is 0 Å². The summed E-state index contributed by atoms with van der Waals surface area (Å²) in [7, 11) is 0. The number of aromatic nitrogens is 2. The fourth-order valence-electron chi connectivity index (χ4n) is 2.55. The first-order valence-corrected chi connectivity index (χ1v) is 9.12. The second-order valence-electron chi connectivity index (χ2n) is 6.18. The molecule has 28 heavy (non-hydrogen) atoms. The summed E-state index contributed by atoms with van der Waals surface area (Å²) < 4.78 is 0. The zero-order chi connectivity index (χ0) is 19.9. The van der Waals surface area contributed by atoms with E-state index in [1.807, 2.05) is 24.3 Å². The maximum atomic E-state index is 12.4. The zero-order valence-corrected chi connectivity index (χ0v) is 16.0. The number of anilines is 2. The first kappa shape index (κ1) is 19.5. The Morgan fingerprint density at radius 3 is 2.39 bits per heavy atom. The molecule has 1 heterocycles. The van der Waals surface area contributed by atoms with Crippen LogP contribution in [0.5, 0.6) is 0 Å². The lowest BCUT2D eigenvalue weighted by Crippen LogP contribution is -2.15. The molecule has 0 unspecified atom stereocenters. The number of carbonyl (C=O) groups is 2. The molecule has 0 atom stereocenters. The van der Waals surface area contributed by atoms with Crippen LogP contribution in [-0.4, -0.2) is 28.2 Å². The maximum absolute atomic E-state index is 12.4. The van der Waals surface area contributed by atoms with Crippen LogP contribution in [0, 0.1) is 0 Å². The maximum Gasteiger partial charge on any atom is 0.274 e. The van der Waals surface area contributed by atoms with Gasteiger partial charge in [-0.3, -0.25) is 9.59 Å². The molecular formula is C21H19ClN4O2. The highest BCUT2D eigenvalue weighted by Crippen LogP contribution is 2.13. The van der Waals surface area contributed by atoms with Gasteiger partial charge in [-0.05, 0) is 55.3 Å². The number of nitrogens with zero attached hydrogens (tertiary/aromatic N) is 2. The number of rotatable bonds is 7. The largest absolute Gasteiger partial charge is 0.370 e. The summed E-state index contributed by atoms with van der Waals surface area (Å²) in [5, 5.41) is 6.65. The highest BCUT2D eigenvalue weighted by Gasteiger charge is 2.10. The molecule has 7 heteroatoms. The number of halogens is 1. The van der Waals surface area contributed by atoms with Gasteiger partial charge in [0.15, 0.2) is 5.78 Å². The Morgan fingerprint density at radius 1 is 1.00 bits per heavy atom. The van der Waals surface area contributed by atoms with Crippen LogP contribution in [0.1, 0.15) is 33.3 Å². The molecule has 0 radical (unpaired) electrons. The molecule has 1 aromatic heterocycles. The van der Waals surface area contributed by atoms with Gasteiger partial charge in [0.05, 0.1) is 0 Å². The van der Waals surface area contributed by atoms with E-state index in [1.165, 1.54) is 13.3 Å². The molecule has 1 amide bonds. The molecule has 3 rings (SSSR count). The minimum absolute atomic E-state index is 0.0250. The minimum Gasteiger partial charge on any atom is -0.370 e. The van der Waals surface area contributed by atoms with Crippen molar-refractivity contribution in [3.05, 3.63) is 82.8 Å². The van der Waals surface area contributed by atoms with Crippen LogP contribution >= 0.6 is 11.6 Å². The van der Waals surface area contributed by atoms with E-state index in [-0.39, 0.29) is 17.4 Å². The molecule has 2 N–H and O–H groups in total. The van der Waals surface area contributed by atoms with E-state index in [2.05, 4.69) is 20.6 Å². The van der Waals surface area contributed by atoms with Gasteiger partial charge < -0.3 is 10.6 Å². The average Bonchev–Trinajstić information content (AvgIpc) is 2.70. The minimum atomic E-state index is -0.348. The molecule has 0 spiro atoms. The quantitative estimate of drug-likeness (QED) is 0.585. The van der Waals surface area contributed by atoms with Crippen molar-refractivity contribution >= 4 is 34.8 Å². The van der Waals surface area contributed by atoms with E-state index in [9.17, 15) is 9.59 Å². The summed E-state index contributed by atoms with van der Waals surface area (Å²) in [5.41, 5.74) is 2.58. The predicted molar refractivity (Wildman–Crippen MR) is 110 cm³/mol. The van der Waals surface area contributed by atoms with Crippen molar-refractivity contribution in [2.24, 2.45) is 0 Å². The van der Waals surface area contributed by atoms with Gasteiger partial charge >= 0.3 is 0 Å². The van der Waals surface area contributed by atoms with Gasteiger partial charge in [0.1, 0.15) is 17.8 Å². The molecule has 0 fully saturated rings. The Hall–Kier alpha value is -3.25.